The van der Waals surface area contributed by atoms with Crippen LogP contribution in [-0.2, 0) is 0 Å². The molecule has 0 unspecified atom stereocenters. The van der Waals surface area contributed by atoms with Crippen molar-refractivity contribution in [3.63, 3.8) is 0 Å². The van der Waals surface area contributed by atoms with Crippen LogP contribution in [0.5, 0.6) is 5.75 Å². The van der Waals surface area contributed by atoms with E-state index >= 15 is 0 Å². The molecular formula is C12H14BrNO. The van der Waals surface area contributed by atoms with Gasteiger partial charge in [-0.1, -0.05) is 22.4 Å². The minimum atomic E-state index is 0.408. The third-order valence-corrected chi connectivity index (χ3v) is 4.04. The lowest BCUT2D eigenvalue weighted by Gasteiger charge is -2.40. The predicted octanol–water partition coefficient (Wildman–Crippen LogP) is 3.42. The molecule has 0 saturated heterocycles. The van der Waals surface area contributed by atoms with Gasteiger partial charge in [0.15, 0.2) is 0 Å². The number of anilines is 1. The van der Waals surface area contributed by atoms with Gasteiger partial charge in [-0.05, 0) is 31.0 Å². The van der Waals surface area contributed by atoms with Gasteiger partial charge < -0.3 is 10.1 Å². The largest absolute Gasteiger partial charge is 0.491 e. The maximum absolute atomic E-state index is 5.88. The van der Waals surface area contributed by atoms with Crippen molar-refractivity contribution in [2.45, 2.75) is 19.3 Å². The molecule has 1 heterocycles. The van der Waals surface area contributed by atoms with E-state index in [2.05, 4.69) is 27.3 Å². The van der Waals surface area contributed by atoms with E-state index in [1.54, 1.807) is 0 Å². The fourth-order valence-electron chi connectivity index (χ4n) is 2.33. The number of fused-ring (bicyclic) bond motifs is 1. The van der Waals surface area contributed by atoms with E-state index in [4.69, 9.17) is 4.74 Å². The summed E-state index contributed by atoms with van der Waals surface area (Å²) in [4.78, 5) is 0. The van der Waals surface area contributed by atoms with E-state index in [9.17, 15) is 0 Å². The first-order chi connectivity index (χ1) is 7.27. The summed E-state index contributed by atoms with van der Waals surface area (Å²) in [5.74, 6) is 0.988. The maximum atomic E-state index is 5.88. The number of rotatable bonds is 0. The predicted molar refractivity (Wildman–Crippen MR) is 64.4 cm³/mol. The SMILES string of the molecule is Brc1ccc2c(c1)NCC1(CCC1)CO2. The van der Waals surface area contributed by atoms with E-state index in [-0.39, 0.29) is 0 Å². The summed E-state index contributed by atoms with van der Waals surface area (Å²) in [7, 11) is 0. The lowest BCUT2D eigenvalue weighted by molar-refractivity contribution is 0.0766. The van der Waals surface area contributed by atoms with Crippen LogP contribution < -0.4 is 10.1 Å². The van der Waals surface area contributed by atoms with Gasteiger partial charge in [-0.3, -0.25) is 0 Å². The average molecular weight is 268 g/mol. The summed E-state index contributed by atoms with van der Waals surface area (Å²) in [6.07, 6.45) is 3.95. The van der Waals surface area contributed by atoms with Crippen LogP contribution in [0.15, 0.2) is 22.7 Å². The zero-order valence-corrected chi connectivity index (χ0v) is 10.1. The first kappa shape index (κ1) is 9.52. The lowest BCUT2D eigenvalue weighted by atomic mass is 9.69. The topological polar surface area (TPSA) is 21.3 Å². The highest BCUT2D eigenvalue weighted by Gasteiger charge is 2.39. The lowest BCUT2D eigenvalue weighted by Crippen LogP contribution is -2.40. The second kappa shape index (κ2) is 3.41. The average Bonchev–Trinajstić information content (AvgIpc) is 2.36. The minimum absolute atomic E-state index is 0.408. The van der Waals surface area contributed by atoms with Crippen molar-refractivity contribution in [1.82, 2.24) is 0 Å². The van der Waals surface area contributed by atoms with Crippen molar-refractivity contribution in [3.8, 4) is 5.75 Å². The molecule has 80 valence electrons. The van der Waals surface area contributed by atoms with E-state index in [1.807, 2.05) is 12.1 Å². The number of benzene rings is 1. The van der Waals surface area contributed by atoms with Gasteiger partial charge >= 0.3 is 0 Å². The zero-order valence-electron chi connectivity index (χ0n) is 8.55. The molecule has 1 spiro atoms. The van der Waals surface area contributed by atoms with E-state index in [0.717, 1.165) is 29.1 Å². The molecule has 1 N–H and O–H groups in total. The van der Waals surface area contributed by atoms with E-state index in [0.29, 0.717) is 5.41 Å². The molecule has 1 aromatic carbocycles. The van der Waals surface area contributed by atoms with Gasteiger partial charge in [-0.15, -0.1) is 0 Å². The summed E-state index contributed by atoms with van der Waals surface area (Å²) >= 11 is 3.48. The van der Waals surface area contributed by atoms with Gasteiger partial charge in [0.1, 0.15) is 5.75 Å². The van der Waals surface area contributed by atoms with Gasteiger partial charge in [0, 0.05) is 16.4 Å². The first-order valence-corrected chi connectivity index (χ1v) is 6.23. The molecule has 0 radical (unpaired) electrons. The Morgan fingerprint density at radius 3 is 2.93 bits per heavy atom. The molecule has 2 aliphatic rings. The molecule has 1 saturated carbocycles. The summed E-state index contributed by atoms with van der Waals surface area (Å²) in [5.41, 5.74) is 1.53. The number of hydrogen-bond acceptors (Lipinski definition) is 2. The number of hydrogen-bond donors (Lipinski definition) is 1. The fourth-order valence-corrected chi connectivity index (χ4v) is 2.69. The molecule has 15 heavy (non-hydrogen) atoms. The molecule has 0 amide bonds. The second-order valence-electron chi connectivity index (χ2n) is 4.64. The number of halogens is 1. The fraction of sp³-hybridized carbons (Fsp3) is 0.500. The first-order valence-electron chi connectivity index (χ1n) is 5.44. The molecule has 0 bridgehead atoms. The zero-order chi connectivity index (χ0) is 10.3. The highest BCUT2D eigenvalue weighted by atomic mass is 79.9. The van der Waals surface area contributed by atoms with Crippen LogP contribution in [0.2, 0.25) is 0 Å². The molecule has 1 aromatic rings. The molecular weight excluding hydrogens is 254 g/mol. The third kappa shape index (κ3) is 1.63. The summed E-state index contributed by atoms with van der Waals surface area (Å²) in [6, 6.07) is 6.15. The molecule has 2 nitrogen and oxygen atoms in total. The van der Waals surface area contributed by atoms with Crippen molar-refractivity contribution >= 4 is 21.6 Å². The monoisotopic (exact) mass is 267 g/mol. The third-order valence-electron chi connectivity index (χ3n) is 3.54. The molecule has 3 rings (SSSR count). The molecule has 0 atom stereocenters. The molecule has 1 aliphatic heterocycles. The standard InChI is InChI=1S/C12H14BrNO/c13-9-2-3-11-10(6-9)14-7-12(8-15-11)4-1-5-12/h2-3,6,14H,1,4-5,7-8H2. The number of nitrogens with one attached hydrogen (secondary N) is 1. The smallest absolute Gasteiger partial charge is 0.142 e. The van der Waals surface area contributed by atoms with E-state index < -0.39 is 0 Å². The van der Waals surface area contributed by atoms with Crippen LogP contribution in [0.25, 0.3) is 0 Å². The van der Waals surface area contributed by atoms with Crippen molar-refractivity contribution in [1.29, 1.82) is 0 Å². The summed E-state index contributed by atoms with van der Waals surface area (Å²) < 4.78 is 6.98. The van der Waals surface area contributed by atoms with Crippen LogP contribution in [0.1, 0.15) is 19.3 Å². The summed E-state index contributed by atoms with van der Waals surface area (Å²) in [5, 5.41) is 3.50. The Kier molecular flexibility index (Phi) is 2.16. The van der Waals surface area contributed by atoms with Crippen LogP contribution >= 0.6 is 15.9 Å². The Bertz CT molecular complexity index is 387. The van der Waals surface area contributed by atoms with Crippen molar-refractivity contribution in [2.75, 3.05) is 18.5 Å². The minimum Gasteiger partial charge on any atom is -0.491 e. The molecule has 3 heteroatoms. The van der Waals surface area contributed by atoms with Crippen LogP contribution in [-0.4, -0.2) is 13.2 Å². The van der Waals surface area contributed by atoms with Gasteiger partial charge in [-0.25, -0.2) is 0 Å². The van der Waals surface area contributed by atoms with Crippen molar-refractivity contribution in [3.05, 3.63) is 22.7 Å². The highest BCUT2D eigenvalue weighted by molar-refractivity contribution is 9.10. The van der Waals surface area contributed by atoms with Crippen LogP contribution in [0, 0.1) is 5.41 Å². The van der Waals surface area contributed by atoms with Crippen LogP contribution in [0.4, 0.5) is 5.69 Å². The normalized spacial score (nSPS) is 21.9. The van der Waals surface area contributed by atoms with Crippen LogP contribution in [0.3, 0.4) is 0 Å². The van der Waals surface area contributed by atoms with Gasteiger partial charge in [-0.2, -0.15) is 0 Å². The van der Waals surface area contributed by atoms with Crippen molar-refractivity contribution in [2.24, 2.45) is 5.41 Å². The highest BCUT2D eigenvalue weighted by Crippen LogP contribution is 2.44. The Labute approximate surface area is 98.1 Å². The molecule has 0 aromatic heterocycles. The quantitative estimate of drug-likeness (QED) is 0.778. The second-order valence-corrected chi connectivity index (χ2v) is 5.55. The van der Waals surface area contributed by atoms with E-state index in [1.165, 1.54) is 19.3 Å². The maximum Gasteiger partial charge on any atom is 0.142 e. The molecule has 1 fully saturated rings. The Morgan fingerprint density at radius 1 is 1.33 bits per heavy atom. The van der Waals surface area contributed by atoms with Crippen molar-refractivity contribution < 1.29 is 4.74 Å². The Morgan fingerprint density at radius 2 is 2.20 bits per heavy atom. The number of ether oxygens (including phenoxy) is 1. The van der Waals surface area contributed by atoms with Gasteiger partial charge in [0.05, 0.1) is 12.3 Å². The molecule has 1 aliphatic carbocycles. The van der Waals surface area contributed by atoms with Gasteiger partial charge in [0.2, 0.25) is 0 Å². The Hall–Kier alpha value is -0.700. The summed E-state index contributed by atoms with van der Waals surface area (Å²) in [6.45, 7) is 1.92. The Balaban J connectivity index is 1.88. The van der Waals surface area contributed by atoms with Gasteiger partial charge in [0.25, 0.3) is 0 Å².